The van der Waals surface area contributed by atoms with Gasteiger partial charge in [-0.25, -0.2) is 0 Å². The van der Waals surface area contributed by atoms with E-state index in [-0.39, 0.29) is 0 Å². The van der Waals surface area contributed by atoms with E-state index >= 15 is 0 Å². The normalized spacial score (nSPS) is 9.18. The van der Waals surface area contributed by atoms with Gasteiger partial charge in [-0.1, -0.05) is 39.3 Å². The van der Waals surface area contributed by atoms with E-state index in [4.69, 9.17) is 10.5 Å². The Kier molecular flexibility index (Phi) is 9.36. The van der Waals surface area contributed by atoms with Crippen molar-refractivity contribution in [3.8, 4) is 0 Å². The molecular weight excluding hydrogens is 140 g/mol. The van der Waals surface area contributed by atoms with Crippen molar-refractivity contribution in [1.82, 2.24) is 0 Å². The van der Waals surface area contributed by atoms with E-state index in [1.54, 1.807) is 5.57 Å². The summed E-state index contributed by atoms with van der Waals surface area (Å²) in [5.41, 5.74) is 1.56. The maximum absolute atomic E-state index is 6.00. The molecule has 2 nitrogen and oxygen atoms in total. The minimum atomic E-state index is 0.718. The first kappa shape index (κ1) is 13.3. The zero-order valence-electron chi connectivity index (χ0n) is 8.13. The Morgan fingerprint density at radius 3 is 1.27 bits per heavy atom. The highest BCUT2D eigenvalue weighted by Crippen LogP contribution is 2.18. The van der Waals surface area contributed by atoms with Crippen molar-refractivity contribution in [2.24, 2.45) is 11.8 Å². The quantitative estimate of drug-likeness (QED) is 0.370. The molecule has 0 spiro atoms. The molecule has 11 heavy (non-hydrogen) atoms. The van der Waals surface area contributed by atoms with Gasteiger partial charge in [0.1, 0.15) is 0 Å². The lowest BCUT2D eigenvalue weighted by atomic mass is 9.93. The van der Waals surface area contributed by atoms with Gasteiger partial charge in [-0.05, 0) is 18.8 Å². The molecule has 2 N–H and O–H groups in total. The fraction of sp³-hybridized carbons (Fsp3) is 0.778. The van der Waals surface area contributed by atoms with Gasteiger partial charge in [-0.3, -0.25) is 10.5 Å². The minimum Gasteiger partial charge on any atom is -0.255 e. The minimum absolute atomic E-state index is 0.718. The molecule has 0 aliphatic heterocycles. The first-order valence-electron chi connectivity index (χ1n) is 3.95. The van der Waals surface area contributed by atoms with E-state index in [1.165, 1.54) is 0 Å². The first-order chi connectivity index (χ1) is 5.09. The predicted octanol–water partition coefficient (Wildman–Crippen LogP) is 3.26. The lowest BCUT2D eigenvalue weighted by molar-refractivity contribution is -0.176. The van der Waals surface area contributed by atoms with Crippen LogP contribution in [0.25, 0.3) is 0 Å². The van der Waals surface area contributed by atoms with E-state index in [1.807, 2.05) is 0 Å². The van der Waals surface area contributed by atoms with Gasteiger partial charge in [0.25, 0.3) is 0 Å². The molecule has 0 fully saturated rings. The average molecular weight is 160 g/mol. The summed E-state index contributed by atoms with van der Waals surface area (Å²) < 4.78 is 0. The molecule has 0 bridgehead atoms. The second-order valence-corrected chi connectivity index (χ2v) is 3.10. The maximum Gasteiger partial charge on any atom is -0.0258 e. The third-order valence-electron chi connectivity index (χ3n) is 1.67. The molecule has 2 heteroatoms. The molecule has 0 amide bonds. The number of allylic oxidation sites excluding steroid dienone is 2. The molecule has 0 unspecified atom stereocenters. The third-order valence-corrected chi connectivity index (χ3v) is 1.67. The summed E-state index contributed by atoms with van der Waals surface area (Å²) in [6.45, 7) is 11.1. The number of rotatable bonds is 2. The van der Waals surface area contributed by atoms with Gasteiger partial charge in [0.15, 0.2) is 0 Å². The van der Waals surface area contributed by atoms with Crippen molar-refractivity contribution < 1.29 is 10.5 Å². The van der Waals surface area contributed by atoms with Crippen LogP contribution in [0, 0.1) is 11.8 Å². The average Bonchev–Trinajstić information content (AvgIpc) is 1.91. The van der Waals surface area contributed by atoms with Crippen LogP contribution in [0.3, 0.4) is 0 Å². The second kappa shape index (κ2) is 7.76. The monoisotopic (exact) mass is 160 g/mol. The molecule has 0 aromatic heterocycles. The summed E-state index contributed by atoms with van der Waals surface area (Å²) in [4.78, 5) is 0. The van der Waals surface area contributed by atoms with Gasteiger partial charge < -0.3 is 0 Å². The highest BCUT2D eigenvalue weighted by Gasteiger charge is 2.04. The smallest absolute Gasteiger partial charge is 0.0258 e. The Bertz CT molecular complexity index is 94.1. The van der Waals surface area contributed by atoms with Crippen LogP contribution in [0.2, 0.25) is 0 Å². The van der Waals surface area contributed by atoms with Crippen molar-refractivity contribution in [3.05, 3.63) is 11.6 Å². The van der Waals surface area contributed by atoms with Crippen LogP contribution < -0.4 is 0 Å². The lowest BCUT2D eigenvalue weighted by Crippen LogP contribution is -2.00. The highest BCUT2D eigenvalue weighted by atomic mass is 17.0. The van der Waals surface area contributed by atoms with Crippen LogP contribution in [0.15, 0.2) is 11.6 Å². The van der Waals surface area contributed by atoms with Crippen LogP contribution in [-0.4, -0.2) is 10.5 Å². The molecule has 0 aliphatic rings. The Morgan fingerprint density at radius 2 is 1.27 bits per heavy atom. The molecule has 0 saturated carbocycles. The van der Waals surface area contributed by atoms with Crippen LogP contribution in [-0.2, 0) is 0 Å². The van der Waals surface area contributed by atoms with Crippen molar-refractivity contribution in [2.45, 2.75) is 34.6 Å². The van der Waals surface area contributed by atoms with E-state index in [0.29, 0.717) is 0 Å². The Hall–Kier alpha value is -0.340. The highest BCUT2D eigenvalue weighted by molar-refractivity contribution is 5.05. The van der Waals surface area contributed by atoms with E-state index in [0.717, 1.165) is 11.8 Å². The van der Waals surface area contributed by atoms with Crippen molar-refractivity contribution >= 4 is 0 Å². The van der Waals surface area contributed by atoms with Crippen LogP contribution >= 0.6 is 0 Å². The molecule has 0 aliphatic carbocycles. The van der Waals surface area contributed by atoms with Crippen molar-refractivity contribution in [1.29, 1.82) is 0 Å². The van der Waals surface area contributed by atoms with Crippen LogP contribution in [0.1, 0.15) is 34.6 Å². The lowest BCUT2D eigenvalue weighted by Gasteiger charge is -2.13. The second-order valence-electron chi connectivity index (χ2n) is 3.10. The molecule has 0 rings (SSSR count). The fourth-order valence-electron chi connectivity index (χ4n) is 1.33. The molecule has 0 heterocycles. The largest absolute Gasteiger partial charge is 0.255 e. The zero-order valence-corrected chi connectivity index (χ0v) is 8.13. The summed E-state index contributed by atoms with van der Waals surface area (Å²) in [5, 5.41) is 12.0. The number of hydrogen-bond donors (Lipinski definition) is 2. The summed E-state index contributed by atoms with van der Waals surface area (Å²) in [6, 6.07) is 0. The molecule has 0 radical (unpaired) electrons. The Balaban J connectivity index is 0. The summed E-state index contributed by atoms with van der Waals surface area (Å²) in [6.07, 6.45) is 2.23. The van der Waals surface area contributed by atoms with Gasteiger partial charge in [0.05, 0.1) is 0 Å². The third kappa shape index (κ3) is 6.07. The van der Waals surface area contributed by atoms with Crippen molar-refractivity contribution in [2.75, 3.05) is 0 Å². The van der Waals surface area contributed by atoms with Crippen LogP contribution in [0.5, 0.6) is 0 Å². The summed E-state index contributed by atoms with van der Waals surface area (Å²) in [7, 11) is 0. The standard InChI is InChI=1S/C9H18.H2O2/c1-6-9(7(2)3)8(4)5;1-2/h6-8H,1-5H3;1-2H. The van der Waals surface area contributed by atoms with Crippen LogP contribution in [0.4, 0.5) is 0 Å². The van der Waals surface area contributed by atoms with E-state index in [2.05, 4.69) is 40.7 Å². The fourth-order valence-corrected chi connectivity index (χ4v) is 1.33. The van der Waals surface area contributed by atoms with E-state index in [9.17, 15) is 0 Å². The summed E-state index contributed by atoms with van der Waals surface area (Å²) in [5.74, 6) is 1.44. The molecule has 0 aromatic carbocycles. The maximum atomic E-state index is 6.00. The molecule has 68 valence electrons. The predicted molar refractivity (Wildman–Crippen MR) is 48.7 cm³/mol. The van der Waals surface area contributed by atoms with Gasteiger partial charge in [0.2, 0.25) is 0 Å². The SMILES string of the molecule is CC=C(C(C)C)C(C)C.OO. The molecule has 0 saturated heterocycles. The zero-order chi connectivity index (χ0) is 9.44. The van der Waals surface area contributed by atoms with Gasteiger partial charge in [-0.2, -0.15) is 0 Å². The first-order valence-corrected chi connectivity index (χ1v) is 3.95. The van der Waals surface area contributed by atoms with Gasteiger partial charge in [-0.15, -0.1) is 0 Å². The summed E-state index contributed by atoms with van der Waals surface area (Å²) >= 11 is 0. The van der Waals surface area contributed by atoms with Crippen molar-refractivity contribution in [3.63, 3.8) is 0 Å². The molecule has 0 aromatic rings. The molecule has 0 atom stereocenters. The number of hydrogen-bond acceptors (Lipinski definition) is 2. The Morgan fingerprint density at radius 1 is 1.00 bits per heavy atom. The van der Waals surface area contributed by atoms with Gasteiger partial charge in [0, 0.05) is 0 Å². The Labute approximate surface area is 69.5 Å². The topological polar surface area (TPSA) is 40.5 Å². The van der Waals surface area contributed by atoms with E-state index < -0.39 is 0 Å². The van der Waals surface area contributed by atoms with Gasteiger partial charge >= 0.3 is 0 Å². The molecular formula is C9H20O2.